The molecule has 0 aliphatic rings. The lowest BCUT2D eigenvalue weighted by atomic mass is 9.88. The van der Waals surface area contributed by atoms with E-state index in [2.05, 4.69) is 31.4 Å². The lowest BCUT2D eigenvalue weighted by molar-refractivity contribution is 0.249. The fourth-order valence-corrected chi connectivity index (χ4v) is 1.89. The van der Waals surface area contributed by atoms with Crippen molar-refractivity contribution in [3.05, 3.63) is 29.8 Å². The molecule has 4 nitrogen and oxygen atoms in total. The highest BCUT2D eigenvalue weighted by atomic mass is 16.2. The molecule has 4 heteroatoms. The van der Waals surface area contributed by atoms with Gasteiger partial charge in [0.25, 0.3) is 0 Å². The third-order valence-corrected chi connectivity index (χ3v) is 2.71. The standard InChI is InChI=1S/C15H25N3O/c1-11-5-7-13(8-6-11)18-14(19)17-10-12(16)9-15(2,3)4/h5-8,12H,9-10,16H2,1-4H3,(H2,17,18,19). The molecule has 1 atom stereocenters. The molecule has 19 heavy (non-hydrogen) atoms. The largest absolute Gasteiger partial charge is 0.336 e. The summed E-state index contributed by atoms with van der Waals surface area (Å²) in [6, 6.07) is 7.44. The van der Waals surface area contributed by atoms with Crippen molar-refractivity contribution in [2.24, 2.45) is 11.1 Å². The zero-order chi connectivity index (χ0) is 14.5. The van der Waals surface area contributed by atoms with Gasteiger partial charge in [-0.25, -0.2) is 4.79 Å². The van der Waals surface area contributed by atoms with Crippen LogP contribution in [0, 0.1) is 12.3 Å². The number of amides is 2. The predicted molar refractivity (Wildman–Crippen MR) is 80.2 cm³/mol. The van der Waals surface area contributed by atoms with Crippen LogP contribution in [0.3, 0.4) is 0 Å². The number of anilines is 1. The summed E-state index contributed by atoms with van der Waals surface area (Å²) in [5.74, 6) is 0. The van der Waals surface area contributed by atoms with Crippen LogP contribution in [0.5, 0.6) is 0 Å². The van der Waals surface area contributed by atoms with E-state index in [-0.39, 0.29) is 17.5 Å². The number of hydrogen-bond donors (Lipinski definition) is 3. The maximum atomic E-state index is 11.7. The number of carbonyl (C=O) groups is 1. The van der Waals surface area contributed by atoms with Gasteiger partial charge >= 0.3 is 6.03 Å². The molecule has 1 aromatic carbocycles. The minimum atomic E-state index is -0.215. The second-order valence-electron chi connectivity index (χ2n) is 6.23. The van der Waals surface area contributed by atoms with Gasteiger partial charge in [-0.1, -0.05) is 38.5 Å². The second-order valence-corrected chi connectivity index (χ2v) is 6.23. The first-order chi connectivity index (χ1) is 8.76. The quantitative estimate of drug-likeness (QED) is 0.782. The minimum Gasteiger partial charge on any atom is -0.336 e. The number of benzene rings is 1. The Hall–Kier alpha value is -1.55. The molecular weight excluding hydrogens is 238 g/mol. The average molecular weight is 263 g/mol. The third-order valence-electron chi connectivity index (χ3n) is 2.71. The molecule has 0 spiro atoms. The number of aryl methyl sites for hydroxylation is 1. The van der Waals surface area contributed by atoms with Crippen molar-refractivity contribution in [3.63, 3.8) is 0 Å². The number of carbonyl (C=O) groups excluding carboxylic acids is 1. The molecule has 4 N–H and O–H groups in total. The van der Waals surface area contributed by atoms with Crippen LogP contribution in [-0.2, 0) is 0 Å². The Morgan fingerprint density at radius 1 is 1.26 bits per heavy atom. The first-order valence-corrected chi connectivity index (χ1v) is 6.63. The van der Waals surface area contributed by atoms with Gasteiger partial charge in [-0.15, -0.1) is 0 Å². The average Bonchev–Trinajstić information content (AvgIpc) is 2.27. The van der Waals surface area contributed by atoms with Gasteiger partial charge in [0.15, 0.2) is 0 Å². The zero-order valence-corrected chi connectivity index (χ0v) is 12.3. The highest BCUT2D eigenvalue weighted by molar-refractivity contribution is 5.89. The zero-order valence-electron chi connectivity index (χ0n) is 12.3. The SMILES string of the molecule is Cc1ccc(NC(=O)NCC(N)CC(C)(C)C)cc1. The number of hydrogen-bond acceptors (Lipinski definition) is 2. The van der Waals surface area contributed by atoms with Crippen LogP contribution < -0.4 is 16.4 Å². The van der Waals surface area contributed by atoms with Crippen LogP contribution in [0.2, 0.25) is 0 Å². The summed E-state index contributed by atoms with van der Waals surface area (Å²) in [7, 11) is 0. The van der Waals surface area contributed by atoms with E-state index >= 15 is 0 Å². The predicted octanol–water partition coefficient (Wildman–Crippen LogP) is 2.88. The molecule has 0 aromatic heterocycles. The number of nitrogens with two attached hydrogens (primary N) is 1. The maximum Gasteiger partial charge on any atom is 0.319 e. The molecular formula is C15H25N3O. The molecule has 0 aliphatic carbocycles. The van der Waals surface area contributed by atoms with Crippen molar-refractivity contribution in [2.75, 3.05) is 11.9 Å². The van der Waals surface area contributed by atoms with Gasteiger partial charge in [-0.2, -0.15) is 0 Å². The Labute approximate surface area is 115 Å². The van der Waals surface area contributed by atoms with Gasteiger partial charge in [0.1, 0.15) is 0 Å². The van der Waals surface area contributed by atoms with Gasteiger partial charge in [0.2, 0.25) is 0 Å². The van der Waals surface area contributed by atoms with Crippen molar-refractivity contribution in [1.29, 1.82) is 0 Å². The summed E-state index contributed by atoms with van der Waals surface area (Å²) < 4.78 is 0. The molecule has 1 aromatic rings. The first kappa shape index (κ1) is 15.5. The van der Waals surface area contributed by atoms with Crippen LogP contribution in [0.4, 0.5) is 10.5 Å². The first-order valence-electron chi connectivity index (χ1n) is 6.63. The van der Waals surface area contributed by atoms with E-state index in [1.54, 1.807) is 0 Å². The molecule has 0 bridgehead atoms. The summed E-state index contributed by atoms with van der Waals surface area (Å²) in [6.07, 6.45) is 0.873. The maximum absolute atomic E-state index is 11.7. The molecule has 0 aliphatic heterocycles. The topological polar surface area (TPSA) is 67.2 Å². The monoisotopic (exact) mass is 263 g/mol. The van der Waals surface area contributed by atoms with Crippen molar-refractivity contribution >= 4 is 11.7 Å². The van der Waals surface area contributed by atoms with Gasteiger partial charge in [0.05, 0.1) is 0 Å². The van der Waals surface area contributed by atoms with E-state index in [4.69, 9.17) is 5.73 Å². The van der Waals surface area contributed by atoms with Crippen molar-refractivity contribution in [2.45, 2.75) is 40.2 Å². The second kappa shape index (κ2) is 6.57. The smallest absolute Gasteiger partial charge is 0.319 e. The van der Waals surface area contributed by atoms with E-state index in [1.807, 2.05) is 31.2 Å². The molecule has 0 saturated carbocycles. The van der Waals surface area contributed by atoms with Crippen LogP contribution in [-0.4, -0.2) is 18.6 Å². The Kier molecular flexibility index (Phi) is 5.36. The third kappa shape index (κ3) is 6.82. The van der Waals surface area contributed by atoms with Gasteiger partial charge in [-0.3, -0.25) is 0 Å². The normalized spacial score (nSPS) is 12.9. The summed E-state index contributed by atoms with van der Waals surface area (Å²) in [5, 5.41) is 5.57. The Bertz CT molecular complexity index is 406. The van der Waals surface area contributed by atoms with Crippen LogP contribution in [0.1, 0.15) is 32.8 Å². The van der Waals surface area contributed by atoms with Crippen molar-refractivity contribution in [3.8, 4) is 0 Å². The Morgan fingerprint density at radius 2 is 1.84 bits per heavy atom. The molecule has 2 amide bonds. The summed E-state index contributed by atoms with van der Waals surface area (Å²) in [4.78, 5) is 11.7. The molecule has 106 valence electrons. The highest BCUT2D eigenvalue weighted by Crippen LogP contribution is 2.19. The van der Waals surface area contributed by atoms with Crippen LogP contribution in [0.25, 0.3) is 0 Å². The molecule has 0 saturated heterocycles. The van der Waals surface area contributed by atoms with Crippen LogP contribution in [0.15, 0.2) is 24.3 Å². The Morgan fingerprint density at radius 3 is 2.37 bits per heavy atom. The lowest BCUT2D eigenvalue weighted by Gasteiger charge is -2.23. The van der Waals surface area contributed by atoms with E-state index in [0.717, 1.165) is 17.7 Å². The van der Waals surface area contributed by atoms with Crippen LogP contribution >= 0.6 is 0 Å². The van der Waals surface area contributed by atoms with Crippen molar-refractivity contribution < 1.29 is 4.79 Å². The number of nitrogens with one attached hydrogen (secondary N) is 2. The molecule has 0 radical (unpaired) electrons. The molecule has 0 fully saturated rings. The fraction of sp³-hybridized carbons (Fsp3) is 0.533. The van der Waals surface area contributed by atoms with E-state index in [0.29, 0.717) is 6.54 Å². The summed E-state index contributed by atoms with van der Waals surface area (Å²) >= 11 is 0. The minimum absolute atomic E-state index is 0.0243. The van der Waals surface area contributed by atoms with E-state index in [9.17, 15) is 4.79 Å². The van der Waals surface area contributed by atoms with E-state index in [1.165, 1.54) is 0 Å². The Balaban J connectivity index is 2.34. The van der Waals surface area contributed by atoms with Gasteiger partial charge in [-0.05, 0) is 30.9 Å². The number of urea groups is 1. The molecule has 1 rings (SSSR count). The lowest BCUT2D eigenvalue weighted by Crippen LogP contribution is -2.41. The summed E-state index contributed by atoms with van der Waals surface area (Å²) in [5.41, 5.74) is 8.10. The molecule has 1 unspecified atom stereocenters. The van der Waals surface area contributed by atoms with Gasteiger partial charge < -0.3 is 16.4 Å². The summed E-state index contributed by atoms with van der Waals surface area (Å²) in [6.45, 7) is 8.90. The van der Waals surface area contributed by atoms with Gasteiger partial charge in [0, 0.05) is 18.3 Å². The highest BCUT2D eigenvalue weighted by Gasteiger charge is 2.16. The fourth-order valence-electron chi connectivity index (χ4n) is 1.89. The number of rotatable bonds is 4. The van der Waals surface area contributed by atoms with E-state index < -0.39 is 0 Å². The molecule has 0 heterocycles. The van der Waals surface area contributed by atoms with Crippen molar-refractivity contribution in [1.82, 2.24) is 5.32 Å².